The Morgan fingerprint density at radius 2 is 2.05 bits per heavy atom. The predicted molar refractivity (Wildman–Crippen MR) is 78.4 cm³/mol. The molecule has 1 atom stereocenters. The van der Waals surface area contributed by atoms with Gasteiger partial charge < -0.3 is 5.11 Å². The van der Waals surface area contributed by atoms with Gasteiger partial charge in [-0.3, -0.25) is 4.68 Å². The Morgan fingerprint density at radius 1 is 1.25 bits per heavy atom. The number of pyridine rings is 1. The number of rotatable bonds is 3. The van der Waals surface area contributed by atoms with Gasteiger partial charge in [0.15, 0.2) is 0 Å². The zero-order valence-corrected chi connectivity index (χ0v) is 11.6. The first-order chi connectivity index (χ1) is 9.70. The average Bonchev–Trinajstić information content (AvgIpc) is 2.95. The summed E-state index contributed by atoms with van der Waals surface area (Å²) in [4.78, 5) is 4.58. The number of aromatic nitrogens is 3. The van der Waals surface area contributed by atoms with Crippen molar-refractivity contribution in [3.8, 4) is 0 Å². The van der Waals surface area contributed by atoms with Crippen LogP contribution in [0.1, 0.15) is 30.0 Å². The molecule has 0 aliphatic carbocycles. The molecule has 0 fully saturated rings. The van der Waals surface area contributed by atoms with Gasteiger partial charge in [0.1, 0.15) is 6.10 Å². The van der Waals surface area contributed by atoms with Crippen LogP contribution in [0.5, 0.6) is 0 Å². The molecule has 4 nitrogen and oxygen atoms in total. The molecular formula is C16H17N3O. The summed E-state index contributed by atoms with van der Waals surface area (Å²) in [6.45, 7) is 4.77. The highest BCUT2D eigenvalue weighted by Gasteiger charge is 2.17. The minimum absolute atomic E-state index is 0.663. The fourth-order valence-corrected chi connectivity index (χ4v) is 2.51. The lowest BCUT2D eigenvalue weighted by Gasteiger charge is -2.14. The van der Waals surface area contributed by atoms with Gasteiger partial charge in [0.05, 0.1) is 16.9 Å². The Hall–Kier alpha value is -2.20. The molecule has 102 valence electrons. The van der Waals surface area contributed by atoms with Crippen LogP contribution in [0.4, 0.5) is 0 Å². The lowest BCUT2D eigenvalue weighted by atomic mass is 10.1. The molecule has 1 unspecified atom stereocenters. The van der Waals surface area contributed by atoms with Crippen molar-refractivity contribution in [3.63, 3.8) is 0 Å². The summed E-state index contributed by atoms with van der Waals surface area (Å²) in [5, 5.41) is 15.9. The third-order valence-electron chi connectivity index (χ3n) is 3.55. The second kappa shape index (κ2) is 5.06. The van der Waals surface area contributed by atoms with Gasteiger partial charge in [-0.1, -0.05) is 18.2 Å². The van der Waals surface area contributed by atoms with Crippen LogP contribution in [-0.4, -0.2) is 19.9 Å². The normalized spacial score (nSPS) is 12.8. The van der Waals surface area contributed by atoms with Gasteiger partial charge in [0.2, 0.25) is 0 Å². The SMILES string of the molecule is CCn1nccc1C(O)c1cc(C)c2ccccc2n1. The maximum Gasteiger partial charge on any atom is 0.137 e. The van der Waals surface area contributed by atoms with Crippen molar-refractivity contribution < 1.29 is 5.11 Å². The van der Waals surface area contributed by atoms with E-state index in [1.165, 1.54) is 0 Å². The van der Waals surface area contributed by atoms with Crippen LogP contribution in [0.2, 0.25) is 0 Å². The average molecular weight is 267 g/mol. The molecule has 0 amide bonds. The van der Waals surface area contributed by atoms with E-state index in [1.54, 1.807) is 10.9 Å². The van der Waals surface area contributed by atoms with Crippen molar-refractivity contribution in [3.05, 3.63) is 59.5 Å². The molecule has 2 aromatic heterocycles. The van der Waals surface area contributed by atoms with Gasteiger partial charge in [-0.05, 0) is 37.6 Å². The number of aliphatic hydroxyl groups excluding tert-OH is 1. The quantitative estimate of drug-likeness (QED) is 0.794. The van der Waals surface area contributed by atoms with Gasteiger partial charge in [-0.25, -0.2) is 4.98 Å². The van der Waals surface area contributed by atoms with Gasteiger partial charge in [0.25, 0.3) is 0 Å². The Labute approximate surface area is 117 Å². The van der Waals surface area contributed by atoms with Crippen molar-refractivity contribution >= 4 is 10.9 Å². The molecular weight excluding hydrogens is 250 g/mol. The second-order valence-electron chi connectivity index (χ2n) is 4.86. The van der Waals surface area contributed by atoms with Crippen molar-refractivity contribution in [2.24, 2.45) is 0 Å². The molecule has 4 heteroatoms. The molecule has 20 heavy (non-hydrogen) atoms. The summed E-state index contributed by atoms with van der Waals surface area (Å²) in [7, 11) is 0. The molecule has 1 aromatic carbocycles. The smallest absolute Gasteiger partial charge is 0.137 e. The minimum atomic E-state index is -0.749. The fraction of sp³-hybridized carbons (Fsp3) is 0.250. The van der Waals surface area contributed by atoms with E-state index in [0.29, 0.717) is 5.69 Å². The standard InChI is InChI=1S/C16H17N3O/c1-3-19-15(8-9-17-19)16(20)14-10-11(2)12-6-4-5-7-13(12)18-14/h4-10,16,20H,3H2,1-2H3. The number of aliphatic hydroxyl groups is 1. The Balaban J connectivity index is 2.10. The van der Waals surface area contributed by atoms with E-state index in [2.05, 4.69) is 10.1 Å². The summed E-state index contributed by atoms with van der Waals surface area (Å²) < 4.78 is 1.79. The van der Waals surface area contributed by atoms with Crippen LogP contribution in [0.25, 0.3) is 10.9 Å². The van der Waals surface area contributed by atoms with Crippen LogP contribution in [0.15, 0.2) is 42.6 Å². The lowest BCUT2D eigenvalue weighted by molar-refractivity contribution is 0.203. The van der Waals surface area contributed by atoms with Gasteiger partial charge in [-0.2, -0.15) is 5.10 Å². The second-order valence-corrected chi connectivity index (χ2v) is 4.86. The van der Waals surface area contributed by atoms with E-state index in [9.17, 15) is 5.11 Å². The molecule has 0 saturated carbocycles. The van der Waals surface area contributed by atoms with E-state index >= 15 is 0 Å². The molecule has 0 bridgehead atoms. The van der Waals surface area contributed by atoms with E-state index < -0.39 is 6.10 Å². The third kappa shape index (κ3) is 2.08. The van der Waals surface area contributed by atoms with Gasteiger partial charge in [-0.15, -0.1) is 0 Å². The highest BCUT2D eigenvalue weighted by Crippen LogP contribution is 2.25. The summed E-state index contributed by atoms with van der Waals surface area (Å²) in [6.07, 6.45) is 0.955. The summed E-state index contributed by atoms with van der Waals surface area (Å²) in [5.41, 5.74) is 3.46. The maximum atomic E-state index is 10.6. The summed E-state index contributed by atoms with van der Waals surface area (Å²) in [6, 6.07) is 11.8. The minimum Gasteiger partial charge on any atom is -0.380 e. The van der Waals surface area contributed by atoms with Crippen molar-refractivity contribution in [2.45, 2.75) is 26.5 Å². The predicted octanol–water partition coefficient (Wildman–Crippen LogP) is 2.84. The first kappa shape index (κ1) is 12.8. The molecule has 0 aliphatic rings. The number of benzene rings is 1. The maximum absolute atomic E-state index is 10.6. The zero-order valence-electron chi connectivity index (χ0n) is 11.6. The molecule has 2 heterocycles. The van der Waals surface area contributed by atoms with Crippen LogP contribution >= 0.6 is 0 Å². The van der Waals surface area contributed by atoms with E-state index in [0.717, 1.165) is 28.7 Å². The first-order valence-corrected chi connectivity index (χ1v) is 6.76. The van der Waals surface area contributed by atoms with E-state index in [1.807, 2.05) is 50.2 Å². The third-order valence-corrected chi connectivity index (χ3v) is 3.55. The number of aryl methyl sites for hydroxylation is 2. The van der Waals surface area contributed by atoms with Gasteiger partial charge >= 0.3 is 0 Å². The molecule has 3 rings (SSSR count). The number of fused-ring (bicyclic) bond motifs is 1. The van der Waals surface area contributed by atoms with Crippen LogP contribution in [0, 0.1) is 6.92 Å². The molecule has 3 aromatic rings. The molecule has 0 spiro atoms. The fourth-order valence-electron chi connectivity index (χ4n) is 2.51. The monoisotopic (exact) mass is 267 g/mol. The van der Waals surface area contributed by atoms with E-state index in [-0.39, 0.29) is 0 Å². The van der Waals surface area contributed by atoms with Crippen molar-refractivity contribution in [1.82, 2.24) is 14.8 Å². The van der Waals surface area contributed by atoms with Crippen molar-refractivity contribution in [2.75, 3.05) is 0 Å². The van der Waals surface area contributed by atoms with Gasteiger partial charge in [0, 0.05) is 18.1 Å². The Bertz CT molecular complexity index is 748. The number of hydrogen-bond donors (Lipinski definition) is 1. The van der Waals surface area contributed by atoms with Crippen LogP contribution in [0.3, 0.4) is 0 Å². The molecule has 0 radical (unpaired) electrons. The highest BCUT2D eigenvalue weighted by molar-refractivity contribution is 5.82. The summed E-state index contributed by atoms with van der Waals surface area (Å²) >= 11 is 0. The zero-order chi connectivity index (χ0) is 14.1. The Morgan fingerprint density at radius 3 is 2.85 bits per heavy atom. The van der Waals surface area contributed by atoms with Crippen molar-refractivity contribution in [1.29, 1.82) is 0 Å². The molecule has 0 aliphatic heterocycles. The van der Waals surface area contributed by atoms with Crippen LogP contribution in [-0.2, 0) is 6.54 Å². The first-order valence-electron chi connectivity index (χ1n) is 6.76. The number of nitrogens with zero attached hydrogens (tertiary/aromatic N) is 3. The number of para-hydroxylation sites is 1. The number of hydrogen-bond acceptors (Lipinski definition) is 3. The highest BCUT2D eigenvalue weighted by atomic mass is 16.3. The summed E-state index contributed by atoms with van der Waals surface area (Å²) in [5.74, 6) is 0. The molecule has 1 N–H and O–H groups in total. The molecule has 0 saturated heterocycles. The largest absolute Gasteiger partial charge is 0.380 e. The Kier molecular flexibility index (Phi) is 3.24. The van der Waals surface area contributed by atoms with Crippen LogP contribution < -0.4 is 0 Å². The van der Waals surface area contributed by atoms with E-state index in [4.69, 9.17) is 0 Å². The topological polar surface area (TPSA) is 50.9 Å². The lowest BCUT2D eigenvalue weighted by Crippen LogP contribution is -2.10.